The van der Waals surface area contributed by atoms with Gasteiger partial charge in [-0.2, -0.15) is 0 Å². The van der Waals surface area contributed by atoms with Crippen molar-refractivity contribution < 1.29 is 14.4 Å². The van der Waals surface area contributed by atoms with Crippen LogP contribution in [0.4, 0.5) is 0 Å². The van der Waals surface area contributed by atoms with Crippen LogP contribution in [0.5, 0.6) is 0 Å². The van der Waals surface area contributed by atoms with E-state index in [-0.39, 0.29) is 18.4 Å². The standard InChI is InChI=1S/C13H16N2O3S/c1-3-8-5-6-19-11(8)13(18)15-7-10(16)14-12(17)9(15)4-2/h5-6,9H,3-4,7H2,1-2H3,(H,14,16,17). The molecule has 2 heterocycles. The number of nitrogens with one attached hydrogen (secondary N) is 1. The van der Waals surface area contributed by atoms with Gasteiger partial charge in [0.1, 0.15) is 12.6 Å². The third kappa shape index (κ3) is 2.53. The Kier molecular flexibility index (Phi) is 3.99. The molecule has 0 saturated carbocycles. The number of piperazine rings is 1. The quantitative estimate of drug-likeness (QED) is 0.846. The summed E-state index contributed by atoms with van der Waals surface area (Å²) in [5.74, 6) is -1.03. The molecule has 1 aromatic rings. The Bertz CT molecular complexity index is 524. The van der Waals surface area contributed by atoms with Crippen LogP contribution < -0.4 is 5.32 Å². The average Bonchev–Trinajstić information content (AvgIpc) is 2.85. The first kappa shape index (κ1) is 13.7. The van der Waals surface area contributed by atoms with E-state index in [1.807, 2.05) is 25.3 Å². The molecule has 1 fully saturated rings. The molecule has 3 amide bonds. The molecule has 0 radical (unpaired) electrons. The zero-order valence-corrected chi connectivity index (χ0v) is 11.8. The van der Waals surface area contributed by atoms with Crippen molar-refractivity contribution in [2.45, 2.75) is 32.7 Å². The average molecular weight is 280 g/mol. The van der Waals surface area contributed by atoms with Crippen LogP contribution in [0.15, 0.2) is 11.4 Å². The van der Waals surface area contributed by atoms with Crippen LogP contribution in [-0.4, -0.2) is 35.2 Å². The number of carbonyl (C=O) groups is 3. The van der Waals surface area contributed by atoms with Crippen molar-refractivity contribution in [2.75, 3.05) is 6.54 Å². The van der Waals surface area contributed by atoms with Gasteiger partial charge in [0.15, 0.2) is 0 Å². The first-order valence-electron chi connectivity index (χ1n) is 6.29. The number of imide groups is 1. The van der Waals surface area contributed by atoms with Crippen LogP contribution in [0, 0.1) is 0 Å². The lowest BCUT2D eigenvalue weighted by Crippen LogP contribution is -2.59. The van der Waals surface area contributed by atoms with Crippen LogP contribution in [0.1, 0.15) is 35.5 Å². The van der Waals surface area contributed by atoms with E-state index in [0.29, 0.717) is 11.3 Å². The normalized spacial score (nSPS) is 19.5. The Morgan fingerprint density at radius 1 is 1.47 bits per heavy atom. The van der Waals surface area contributed by atoms with Gasteiger partial charge in [-0.3, -0.25) is 19.7 Å². The SMILES string of the molecule is CCc1ccsc1C(=O)N1CC(=O)NC(=O)C1CC. The van der Waals surface area contributed by atoms with Gasteiger partial charge in [-0.05, 0) is 29.9 Å². The molecule has 0 aliphatic carbocycles. The Morgan fingerprint density at radius 3 is 2.84 bits per heavy atom. The van der Waals surface area contributed by atoms with Crippen molar-refractivity contribution in [3.63, 3.8) is 0 Å². The molecule has 1 aromatic heterocycles. The number of amides is 3. The highest BCUT2D eigenvalue weighted by atomic mass is 32.1. The maximum absolute atomic E-state index is 12.5. The monoisotopic (exact) mass is 280 g/mol. The third-order valence-corrected chi connectivity index (χ3v) is 4.17. The van der Waals surface area contributed by atoms with Gasteiger partial charge < -0.3 is 4.90 Å². The number of thiophene rings is 1. The fourth-order valence-corrected chi connectivity index (χ4v) is 3.17. The van der Waals surface area contributed by atoms with Crippen molar-refractivity contribution in [1.29, 1.82) is 0 Å². The minimum absolute atomic E-state index is 0.0515. The molecule has 1 N–H and O–H groups in total. The van der Waals surface area contributed by atoms with Gasteiger partial charge in [-0.15, -0.1) is 11.3 Å². The number of carbonyl (C=O) groups excluding carboxylic acids is 3. The summed E-state index contributed by atoms with van der Waals surface area (Å²) in [7, 11) is 0. The van der Waals surface area contributed by atoms with Crippen LogP contribution in [-0.2, 0) is 16.0 Å². The van der Waals surface area contributed by atoms with Gasteiger partial charge in [0, 0.05) is 0 Å². The van der Waals surface area contributed by atoms with Crippen molar-refractivity contribution in [3.05, 3.63) is 21.9 Å². The lowest BCUT2D eigenvalue weighted by molar-refractivity contribution is -0.138. The Balaban J connectivity index is 2.30. The molecule has 5 nitrogen and oxygen atoms in total. The van der Waals surface area contributed by atoms with E-state index in [1.165, 1.54) is 16.2 Å². The Morgan fingerprint density at radius 2 is 2.21 bits per heavy atom. The zero-order chi connectivity index (χ0) is 14.0. The molecule has 2 rings (SSSR count). The lowest BCUT2D eigenvalue weighted by Gasteiger charge is -2.33. The summed E-state index contributed by atoms with van der Waals surface area (Å²) < 4.78 is 0. The maximum Gasteiger partial charge on any atom is 0.265 e. The number of rotatable bonds is 3. The number of hydrogen-bond acceptors (Lipinski definition) is 4. The first-order valence-corrected chi connectivity index (χ1v) is 7.17. The van der Waals surface area contributed by atoms with Crippen LogP contribution in [0.25, 0.3) is 0 Å². The minimum atomic E-state index is -0.558. The van der Waals surface area contributed by atoms with Gasteiger partial charge in [-0.25, -0.2) is 0 Å². The topological polar surface area (TPSA) is 66.5 Å². The molecule has 0 aromatic carbocycles. The summed E-state index contributed by atoms with van der Waals surface area (Å²) in [6, 6.07) is 1.35. The molecular formula is C13H16N2O3S. The summed E-state index contributed by atoms with van der Waals surface area (Å²) >= 11 is 1.36. The van der Waals surface area contributed by atoms with E-state index < -0.39 is 11.9 Å². The number of hydrogen-bond donors (Lipinski definition) is 1. The van der Waals surface area contributed by atoms with Gasteiger partial charge in [-0.1, -0.05) is 13.8 Å². The molecule has 1 aliphatic rings. The second-order valence-corrected chi connectivity index (χ2v) is 5.31. The highest BCUT2D eigenvalue weighted by molar-refractivity contribution is 7.12. The second kappa shape index (κ2) is 5.52. The molecule has 1 unspecified atom stereocenters. The van der Waals surface area contributed by atoms with Gasteiger partial charge in [0.25, 0.3) is 5.91 Å². The number of aryl methyl sites for hydroxylation is 1. The van der Waals surface area contributed by atoms with E-state index >= 15 is 0 Å². The number of nitrogens with zero attached hydrogens (tertiary/aromatic N) is 1. The molecule has 1 saturated heterocycles. The van der Waals surface area contributed by atoms with Crippen molar-refractivity contribution in [3.8, 4) is 0 Å². The van der Waals surface area contributed by atoms with Crippen LogP contribution in [0.3, 0.4) is 0 Å². The molecule has 19 heavy (non-hydrogen) atoms. The van der Waals surface area contributed by atoms with E-state index in [4.69, 9.17) is 0 Å². The third-order valence-electron chi connectivity index (χ3n) is 3.22. The molecule has 0 spiro atoms. The predicted octanol–water partition coefficient (Wildman–Crippen LogP) is 1.19. The van der Waals surface area contributed by atoms with E-state index in [0.717, 1.165) is 12.0 Å². The summed E-state index contributed by atoms with van der Waals surface area (Å²) in [6.45, 7) is 3.75. The van der Waals surface area contributed by atoms with E-state index in [9.17, 15) is 14.4 Å². The minimum Gasteiger partial charge on any atom is -0.317 e. The lowest BCUT2D eigenvalue weighted by atomic mass is 10.1. The van der Waals surface area contributed by atoms with Crippen molar-refractivity contribution >= 4 is 29.1 Å². The zero-order valence-electron chi connectivity index (χ0n) is 10.9. The Hall–Kier alpha value is -1.69. The molecule has 1 aliphatic heterocycles. The summed E-state index contributed by atoms with van der Waals surface area (Å²) in [5.41, 5.74) is 0.961. The highest BCUT2D eigenvalue weighted by Gasteiger charge is 2.36. The largest absolute Gasteiger partial charge is 0.317 e. The smallest absolute Gasteiger partial charge is 0.265 e. The Labute approximate surface area is 115 Å². The molecule has 1 atom stereocenters. The van der Waals surface area contributed by atoms with E-state index in [1.54, 1.807) is 0 Å². The van der Waals surface area contributed by atoms with Crippen molar-refractivity contribution in [2.24, 2.45) is 0 Å². The van der Waals surface area contributed by atoms with Crippen LogP contribution >= 0.6 is 11.3 Å². The van der Waals surface area contributed by atoms with Gasteiger partial charge in [0.2, 0.25) is 11.8 Å². The summed E-state index contributed by atoms with van der Waals surface area (Å²) in [6.07, 6.45) is 1.26. The fourth-order valence-electron chi connectivity index (χ4n) is 2.22. The predicted molar refractivity (Wildman–Crippen MR) is 72.0 cm³/mol. The maximum atomic E-state index is 12.5. The summed E-state index contributed by atoms with van der Waals surface area (Å²) in [4.78, 5) is 37.7. The van der Waals surface area contributed by atoms with Gasteiger partial charge >= 0.3 is 0 Å². The second-order valence-electron chi connectivity index (χ2n) is 4.40. The van der Waals surface area contributed by atoms with Gasteiger partial charge in [0.05, 0.1) is 4.88 Å². The van der Waals surface area contributed by atoms with Crippen molar-refractivity contribution in [1.82, 2.24) is 10.2 Å². The highest BCUT2D eigenvalue weighted by Crippen LogP contribution is 2.22. The van der Waals surface area contributed by atoms with E-state index in [2.05, 4.69) is 5.32 Å². The van der Waals surface area contributed by atoms with Crippen LogP contribution in [0.2, 0.25) is 0 Å². The first-order chi connectivity index (χ1) is 9.08. The molecule has 6 heteroatoms. The molecule has 102 valence electrons. The molecule has 0 bridgehead atoms. The molecular weight excluding hydrogens is 264 g/mol. The fraction of sp³-hybridized carbons (Fsp3) is 0.462. The summed E-state index contributed by atoms with van der Waals surface area (Å²) in [5, 5.41) is 4.13.